The first-order valence-electron chi connectivity index (χ1n) is 12.5. The molecule has 1 fully saturated rings. The smallest absolute Gasteiger partial charge is 0.237 e. The van der Waals surface area contributed by atoms with Crippen molar-refractivity contribution < 1.29 is 4.74 Å². The summed E-state index contributed by atoms with van der Waals surface area (Å²) in [6.07, 6.45) is 3.06. The van der Waals surface area contributed by atoms with Crippen molar-refractivity contribution in [3.8, 4) is 17.1 Å². The maximum Gasteiger partial charge on any atom is 0.237 e. The van der Waals surface area contributed by atoms with Gasteiger partial charge in [0, 0.05) is 34.3 Å². The standard InChI is InChI=1S/C28H35N5OS/c1-17(2)11-23-16-34-26-15-25(27-18(3)7-5-8-19(27)4)30-28(31-26)32-35-24-10-6-9-21(14-24)33(23)22-12-20(29)13-22/h5-10,14-15,17,20,22-23H,11-13,16,29H2,1-4H3,(H,30,31,32). The maximum atomic E-state index is 6.45. The molecular formula is C28H35N5OS. The lowest BCUT2D eigenvalue weighted by molar-refractivity contribution is 0.223. The lowest BCUT2D eigenvalue weighted by atomic mass is 9.84. The topological polar surface area (TPSA) is 76.3 Å². The van der Waals surface area contributed by atoms with Gasteiger partial charge in [-0.2, -0.15) is 4.98 Å². The number of nitrogens with two attached hydrogens (primary N) is 1. The van der Waals surface area contributed by atoms with E-state index in [9.17, 15) is 0 Å². The number of hydrogen-bond donors (Lipinski definition) is 2. The molecule has 0 saturated heterocycles. The van der Waals surface area contributed by atoms with E-state index in [0.717, 1.165) is 35.4 Å². The Balaban J connectivity index is 1.56. The van der Waals surface area contributed by atoms with Crippen molar-refractivity contribution in [2.24, 2.45) is 11.7 Å². The van der Waals surface area contributed by atoms with E-state index in [1.807, 2.05) is 6.07 Å². The molecule has 1 aliphatic carbocycles. The van der Waals surface area contributed by atoms with Crippen LogP contribution in [-0.2, 0) is 0 Å². The first kappa shape index (κ1) is 23.9. The number of aromatic nitrogens is 2. The molecule has 2 aliphatic rings. The van der Waals surface area contributed by atoms with Crippen LogP contribution in [-0.4, -0.2) is 34.7 Å². The zero-order chi connectivity index (χ0) is 24.5. The number of nitrogens with zero attached hydrogens (tertiary/aromatic N) is 3. The van der Waals surface area contributed by atoms with Crippen LogP contribution >= 0.6 is 11.9 Å². The van der Waals surface area contributed by atoms with Gasteiger partial charge < -0.3 is 15.4 Å². The predicted octanol–water partition coefficient (Wildman–Crippen LogP) is 5.98. The molecule has 2 heterocycles. The maximum absolute atomic E-state index is 6.45. The third kappa shape index (κ3) is 5.26. The van der Waals surface area contributed by atoms with Gasteiger partial charge in [0.2, 0.25) is 11.8 Å². The molecule has 5 rings (SSSR count). The molecule has 0 amide bonds. The van der Waals surface area contributed by atoms with Crippen LogP contribution in [0.25, 0.3) is 11.3 Å². The number of nitrogens with one attached hydrogen (secondary N) is 1. The van der Waals surface area contributed by atoms with Crippen LogP contribution in [0.1, 0.15) is 44.2 Å². The molecule has 1 saturated carbocycles. The van der Waals surface area contributed by atoms with Gasteiger partial charge in [-0.05, 0) is 80.3 Å². The molecule has 0 spiro atoms. The Labute approximate surface area is 212 Å². The summed E-state index contributed by atoms with van der Waals surface area (Å²) in [5, 5.41) is 0. The van der Waals surface area contributed by atoms with Gasteiger partial charge in [-0.3, -0.25) is 4.72 Å². The van der Waals surface area contributed by atoms with Crippen LogP contribution < -0.4 is 20.1 Å². The van der Waals surface area contributed by atoms with Gasteiger partial charge in [0.1, 0.15) is 6.61 Å². The highest BCUT2D eigenvalue weighted by molar-refractivity contribution is 8.00. The highest BCUT2D eigenvalue weighted by atomic mass is 32.2. The van der Waals surface area contributed by atoms with Crippen LogP contribution in [0.4, 0.5) is 11.6 Å². The average molecular weight is 490 g/mol. The first-order chi connectivity index (χ1) is 16.9. The lowest BCUT2D eigenvalue weighted by Crippen LogP contribution is -2.56. The highest BCUT2D eigenvalue weighted by Crippen LogP contribution is 2.36. The van der Waals surface area contributed by atoms with E-state index in [-0.39, 0.29) is 12.1 Å². The van der Waals surface area contributed by atoms with Gasteiger partial charge in [0.15, 0.2) is 0 Å². The van der Waals surface area contributed by atoms with Crippen molar-refractivity contribution in [1.82, 2.24) is 9.97 Å². The van der Waals surface area contributed by atoms with Crippen molar-refractivity contribution in [3.05, 3.63) is 59.7 Å². The summed E-state index contributed by atoms with van der Waals surface area (Å²) in [6, 6.07) is 18.0. The van der Waals surface area contributed by atoms with Gasteiger partial charge in [-0.15, -0.1) is 0 Å². The van der Waals surface area contributed by atoms with Gasteiger partial charge in [-0.1, -0.05) is 38.1 Å². The van der Waals surface area contributed by atoms with E-state index >= 15 is 0 Å². The largest absolute Gasteiger partial charge is 0.475 e. The third-order valence-electron chi connectivity index (χ3n) is 6.92. The molecule has 184 valence electrons. The van der Waals surface area contributed by atoms with Crippen molar-refractivity contribution in [3.63, 3.8) is 0 Å². The van der Waals surface area contributed by atoms with E-state index in [4.69, 9.17) is 20.4 Å². The molecule has 3 aromatic rings. The van der Waals surface area contributed by atoms with Crippen LogP contribution in [0, 0.1) is 19.8 Å². The molecule has 6 nitrogen and oxygen atoms in total. The summed E-state index contributed by atoms with van der Waals surface area (Å²) in [5.41, 5.74) is 11.8. The summed E-state index contributed by atoms with van der Waals surface area (Å²) in [7, 11) is 0. The molecular weight excluding hydrogens is 454 g/mol. The Morgan fingerprint density at radius 1 is 1.09 bits per heavy atom. The summed E-state index contributed by atoms with van der Waals surface area (Å²) in [4.78, 5) is 13.3. The molecule has 0 radical (unpaired) electrons. The van der Waals surface area contributed by atoms with Crippen molar-refractivity contribution in [1.29, 1.82) is 0 Å². The number of ether oxygens (including phenoxy) is 1. The number of aryl methyl sites for hydroxylation is 2. The van der Waals surface area contributed by atoms with E-state index in [1.54, 1.807) is 0 Å². The number of benzene rings is 2. The Morgan fingerprint density at radius 2 is 1.83 bits per heavy atom. The minimum absolute atomic E-state index is 0.224. The van der Waals surface area contributed by atoms with E-state index in [2.05, 4.69) is 79.8 Å². The van der Waals surface area contributed by atoms with Gasteiger partial charge in [0.05, 0.1) is 11.7 Å². The van der Waals surface area contributed by atoms with Gasteiger partial charge >= 0.3 is 0 Å². The molecule has 3 N–H and O–H groups in total. The highest BCUT2D eigenvalue weighted by Gasteiger charge is 2.36. The van der Waals surface area contributed by atoms with Crippen molar-refractivity contribution in [2.45, 2.75) is 70.0 Å². The zero-order valence-electron chi connectivity index (χ0n) is 21.0. The fraction of sp³-hybridized carbons (Fsp3) is 0.429. The Hall–Kier alpha value is -2.77. The molecule has 1 aliphatic heterocycles. The molecule has 1 atom stereocenters. The second-order valence-corrected chi connectivity index (χ2v) is 11.1. The second-order valence-electron chi connectivity index (χ2n) is 10.3. The fourth-order valence-corrected chi connectivity index (χ4v) is 5.89. The van der Waals surface area contributed by atoms with E-state index in [0.29, 0.717) is 30.4 Å². The SMILES string of the molecule is Cc1cccc(C)c1-c1cc2nc(n1)NSc1cccc(c1)N(C1CC(N)C1)C(CC(C)C)CO2. The third-order valence-corrected chi connectivity index (χ3v) is 7.69. The van der Waals surface area contributed by atoms with Crippen molar-refractivity contribution in [2.75, 3.05) is 16.2 Å². The predicted molar refractivity (Wildman–Crippen MR) is 145 cm³/mol. The van der Waals surface area contributed by atoms with Crippen molar-refractivity contribution >= 4 is 23.6 Å². The van der Waals surface area contributed by atoms with Gasteiger partial charge in [0.25, 0.3) is 0 Å². The van der Waals surface area contributed by atoms with E-state index < -0.39 is 0 Å². The molecule has 35 heavy (non-hydrogen) atoms. The first-order valence-corrected chi connectivity index (χ1v) is 13.3. The second kappa shape index (κ2) is 10.1. The number of hydrogen-bond acceptors (Lipinski definition) is 7. The summed E-state index contributed by atoms with van der Waals surface area (Å²) in [6.45, 7) is 9.36. The van der Waals surface area contributed by atoms with Gasteiger partial charge in [-0.25, -0.2) is 4.98 Å². The summed E-state index contributed by atoms with van der Waals surface area (Å²) in [5.74, 6) is 1.69. The number of fused-ring (bicyclic) bond motifs is 4. The number of rotatable bonds is 4. The fourth-order valence-electron chi connectivity index (χ4n) is 5.27. The van der Waals surface area contributed by atoms with Crippen LogP contribution in [0.15, 0.2) is 53.4 Å². The normalized spacial score (nSPS) is 21.9. The quantitative estimate of drug-likeness (QED) is 0.436. The molecule has 2 aromatic carbocycles. The van der Waals surface area contributed by atoms with Crippen LogP contribution in [0.2, 0.25) is 0 Å². The van der Waals surface area contributed by atoms with E-state index in [1.165, 1.54) is 28.8 Å². The minimum Gasteiger partial charge on any atom is -0.475 e. The van der Waals surface area contributed by atoms with Crippen LogP contribution in [0.3, 0.4) is 0 Å². The molecule has 7 heteroatoms. The Morgan fingerprint density at radius 3 is 2.54 bits per heavy atom. The minimum atomic E-state index is 0.224. The Kier molecular flexibility index (Phi) is 6.89. The monoisotopic (exact) mass is 489 g/mol. The average Bonchev–Trinajstić information content (AvgIpc) is 2.79. The zero-order valence-corrected chi connectivity index (χ0v) is 21.8. The summed E-state index contributed by atoms with van der Waals surface area (Å²) >= 11 is 1.53. The molecule has 4 bridgehead atoms. The summed E-state index contributed by atoms with van der Waals surface area (Å²) < 4.78 is 9.81. The van der Waals surface area contributed by atoms with Crippen LogP contribution in [0.5, 0.6) is 5.88 Å². The molecule has 1 unspecified atom stereocenters. The lowest BCUT2D eigenvalue weighted by Gasteiger charge is -2.47. The number of anilines is 2. The Bertz CT molecular complexity index is 1170. The molecule has 1 aromatic heterocycles.